The zero-order chi connectivity index (χ0) is 42.0. The van der Waals surface area contributed by atoms with Crippen LogP contribution in [0.25, 0.3) is 22.3 Å². The molecule has 2 aromatic carbocycles. The van der Waals surface area contributed by atoms with Gasteiger partial charge in [-0.1, -0.05) is 0 Å². The Morgan fingerprint density at radius 1 is 0.902 bits per heavy atom. The highest BCUT2D eigenvalue weighted by atomic mass is 19.1. The molecule has 0 radical (unpaired) electrons. The Kier molecular flexibility index (Phi) is 10.2. The molecule has 322 valence electrons. The van der Waals surface area contributed by atoms with Crippen molar-refractivity contribution in [2.75, 3.05) is 68.7 Å². The second-order valence-electron chi connectivity index (χ2n) is 18.6. The minimum Gasteiger partial charge on any atom is -0.488 e. The van der Waals surface area contributed by atoms with Gasteiger partial charge in [-0.15, -0.1) is 0 Å². The van der Waals surface area contributed by atoms with Gasteiger partial charge in [-0.3, -0.25) is 29.7 Å². The van der Waals surface area contributed by atoms with Crippen LogP contribution in [0, 0.1) is 11.7 Å². The van der Waals surface area contributed by atoms with E-state index >= 15 is 8.78 Å². The van der Waals surface area contributed by atoms with E-state index < -0.39 is 29.3 Å². The Morgan fingerprint density at radius 3 is 2.46 bits per heavy atom. The summed E-state index contributed by atoms with van der Waals surface area (Å²) in [7, 11) is 0. The number of nitrogens with one attached hydrogen (secondary N) is 2. The molecule has 5 fully saturated rings. The summed E-state index contributed by atoms with van der Waals surface area (Å²) in [4.78, 5) is 56.9. The Labute approximate surface area is 354 Å². The number of carbonyl (C=O) groups excluding carboxylic acids is 3. The second-order valence-corrected chi connectivity index (χ2v) is 18.6. The molecule has 14 nitrogen and oxygen atoms in total. The summed E-state index contributed by atoms with van der Waals surface area (Å²) in [6.07, 6.45) is 7.21. The molecule has 1 aliphatic carbocycles. The van der Waals surface area contributed by atoms with Gasteiger partial charge in [0.1, 0.15) is 40.9 Å². The number of ether oxygens (including phenoxy) is 1. The van der Waals surface area contributed by atoms with Gasteiger partial charge in [0.2, 0.25) is 11.8 Å². The number of imide groups is 1. The van der Waals surface area contributed by atoms with E-state index in [1.807, 2.05) is 30.0 Å². The summed E-state index contributed by atoms with van der Waals surface area (Å²) >= 11 is 0. The number of rotatable bonds is 10. The molecule has 2 aromatic heterocycles. The first-order chi connectivity index (χ1) is 29.4. The number of hydrogen-bond acceptors (Lipinski definition) is 11. The van der Waals surface area contributed by atoms with Gasteiger partial charge in [0.25, 0.3) is 5.91 Å². The summed E-state index contributed by atoms with van der Waals surface area (Å²) in [5.74, 6) is 0.561. The quantitative estimate of drug-likeness (QED) is 0.207. The van der Waals surface area contributed by atoms with Crippen LogP contribution in [0.15, 0.2) is 42.7 Å². The maximum Gasteiger partial charge on any atom is 0.255 e. The molecular formula is C45H54F2N10O4. The number of amides is 3. The van der Waals surface area contributed by atoms with Crippen LogP contribution < -0.4 is 19.9 Å². The van der Waals surface area contributed by atoms with Crippen molar-refractivity contribution in [3.8, 4) is 17.1 Å². The fourth-order valence-corrected chi connectivity index (χ4v) is 10.2. The number of anilines is 2. The fraction of sp³-hybridized carbons (Fsp3) is 0.556. The molecule has 5 aliphatic heterocycles. The molecule has 1 saturated carbocycles. The molecule has 6 aliphatic rings. The predicted octanol–water partition coefficient (Wildman–Crippen LogP) is 5.08. The minimum atomic E-state index is -1.27. The number of likely N-dealkylation sites (tertiary alicyclic amines) is 1. The van der Waals surface area contributed by atoms with Crippen molar-refractivity contribution in [2.45, 2.75) is 95.1 Å². The van der Waals surface area contributed by atoms with Crippen molar-refractivity contribution in [1.29, 1.82) is 0 Å². The lowest BCUT2D eigenvalue weighted by Crippen LogP contribution is -2.57. The van der Waals surface area contributed by atoms with Crippen molar-refractivity contribution in [3.63, 3.8) is 0 Å². The smallest absolute Gasteiger partial charge is 0.255 e. The van der Waals surface area contributed by atoms with E-state index in [-0.39, 0.29) is 48.1 Å². The third-order valence-electron chi connectivity index (χ3n) is 14.1. The van der Waals surface area contributed by atoms with E-state index in [1.54, 1.807) is 18.5 Å². The Bertz CT molecular complexity index is 2350. The van der Waals surface area contributed by atoms with E-state index in [9.17, 15) is 14.4 Å². The van der Waals surface area contributed by atoms with Crippen molar-refractivity contribution in [1.82, 2.24) is 40.2 Å². The molecule has 7 heterocycles. The minimum absolute atomic E-state index is 0.0125. The van der Waals surface area contributed by atoms with Gasteiger partial charge in [-0.2, -0.15) is 5.10 Å². The molecule has 4 aromatic rings. The van der Waals surface area contributed by atoms with Crippen LogP contribution in [0.4, 0.5) is 20.3 Å². The standard InChI is InChI=1S/C45H54F2N10O4/c1-28-23-54(19-20-56(28)36-6-4-31-33(40(36)46)25-57(43(31)60)37-7-8-39(58)50-42(37)59)26-45(47)13-17-53(18-14-45)24-29-9-15-55(16-10-29)38-22-35(48-27-49-38)41-32-21-30(61-44(2)11-12-44)3-5-34(32)51-52-41/h3-6,21-22,27-29,37H,7-20,23-26H2,1-2H3,(H,51,52)(H,50,58,59)/t28-,37?/m0/s1. The number of alkyl halides is 1. The third kappa shape index (κ3) is 7.92. The molecular weight excluding hydrogens is 783 g/mol. The number of benzene rings is 2. The number of aromatic nitrogens is 4. The number of piperazine rings is 1. The van der Waals surface area contributed by atoms with E-state index in [1.165, 1.54) is 4.90 Å². The second kappa shape index (κ2) is 15.6. The molecule has 3 amide bonds. The molecule has 2 N–H and O–H groups in total. The first-order valence-electron chi connectivity index (χ1n) is 22.0. The van der Waals surface area contributed by atoms with E-state index in [4.69, 9.17) is 4.74 Å². The topological polar surface area (TPSA) is 143 Å². The van der Waals surface area contributed by atoms with Crippen molar-refractivity contribution >= 4 is 40.1 Å². The number of nitrogens with zero attached hydrogens (tertiary/aromatic N) is 8. The number of carbonyl (C=O) groups is 3. The maximum absolute atomic E-state index is 16.4. The lowest BCUT2D eigenvalue weighted by Gasteiger charge is -2.45. The highest BCUT2D eigenvalue weighted by Gasteiger charge is 2.43. The molecule has 10 rings (SSSR count). The van der Waals surface area contributed by atoms with E-state index in [0.29, 0.717) is 50.6 Å². The Hall–Kier alpha value is -5.22. The summed E-state index contributed by atoms with van der Waals surface area (Å²) in [6.45, 7) is 10.5. The van der Waals surface area contributed by atoms with Gasteiger partial charge in [-0.25, -0.2) is 18.7 Å². The van der Waals surface area contributed by atoms with Crippen LogP contribution in [0.3, 0.4) is 0 Å². The average Bonchev–Trinajstić information content (AvgIpc) is 3.66. The summed E-state index contributed by atoms with van der Waals surface area (Å²) in [5, 5.41) is 11.0. The lowest BCUT2D eigenvalue weighted by atomic mass is 9.90. The monoisotopic (exact) mass is 836 g/mol. The number of aromatic amines is 1. The molecule has 16 heteroatoms. The summed E-state index contributed by atoms with van der Waals surface area (Å²) in [5.41, 5.74) is 2.14. The third-order valence-corrected chi connectivity index (χ3v) is 14.1. The van der Waals surface area contributed by atoms with Crippen LogP contribution in [0.2, 0.25) is 0 Å². The summed E-state index contributed by atoms with van der Waals surface area (Å²) < 4.78 is 38.8. The molecule has 0 spiro atoms. The molecule has 0 bridgehead atoms. The number of halogens is 2. The van der Waals surface area contributed by atoms with Crippen molar-refractivity contribution < 1.29 is 27.9 Å². The Morgan fingerprint density at radius 2 is 1.70 bits per heavy atom. The highest BCUT2D eigenvalue weighted by Crippen LogP contribution is 2.41. The lowest BCUT2D eigenvalue weighted by molar-refractivity contribution is -0.136. The van der Waals surface area contributed by atoms with E-state index in [0.717, 1.165) is 92.3 Å². The predicted molar refractivity (Wildman–Crippen MR) is 226 cm³/mol. The fourth-order valence-electron chi connectivity index (χ4n) is 10.2. The Balaban J connectivity index is 0.690. The highest BCUT2D eigenvalue weighted by molar-refractivity contribution is 6.05. The normalized spacial score (nSPS) is 24.7. The van der Waals surface area contributed by atoms with Crippen LogP contribution in [-0.2, 0) is 16.1 Å². The van der Waals surface area contributed by atoms with Gasteiger partial charge in [-0.05, 0) is 95.0 Å². The first-order valence-corrected chi connectivity index (χ1v) is 22.0. The van der Waals surface area contributed by atoms with Crippen LogP contribution in [0.1, 0.15) is 81.1 Å². The van der Waals surface area contributed by atoms with Crippen molar-refractivity contribution in [2.24, 2.45) is 5.92 Å². The molecule has 2 atom stereocenters. The number of H-pyrrole nitrogens is 1. The molecule has 1 unspecified atom stereocenters. The molecule has 61 heavy (non-hydrogen) atoms. The number of fused-ring (bicyclic) bond motifs is 2. The molecule has 4 saturated heterocycles. The van der Waals surface area contributed by atoms with Crippen LogP contribution in [0.5, 0.6) is 5.75 Å². The number of hydrogen-bond donors (Lipinski definition) is 2. The zero-order valence-corrected chi connectivity index (χ0v) is 35.0. The van der Waals surface area contributed by atoms with Gasteiger partial charge in [0.15, 0.2) is 5.82 Å². The van der Waals surface area contributed by atoms with E-state index in [2.05, 4.69) is 53.2 Å². The summed E-state index contributed by atoms with van der Waals surface area (Å²) in [6, 6.07) is 10.5. The zero-order valence-electron chi connectivity index (χ0n) is 35.0. The average molecular weight is 837 g/mol. The first kappa shape index (κ1) is 39.9. The van der Waals surface area contributed by atoms with Crippen molar-refractivity contribution in [3.05, 3.63) is 59.7 Å². The van der Waals surface area contributed by atoms with Gasteiger partial charge >= 0.3 is 0 Å². The largest absolute Gasteiger partial charge is 0.488 e. The number of piperidine rings is 3. The van der Waals surface area contributed by atoms with Gasteiger partial charge < -0.3 is 24.3 Å². The van der Waals surface area contributed by atoms with Crippen LogP contribution >= 0.6 is 0 Å². The maximum atomic E-state index is 16.4. The van der Waals surface area contributed by atoms with Crippen LogP contribution in [-0.4, -0.2) is 135 Å². The van der Waals surface area contributed by atoms with Gasteiger partial charge in [0, 0.05) is 93.9 Å². The SMILES string of the molecule is C[C@H]1CN(CC2(F)CCN(CC3CCN(c4cc(-c5n[nH]c6ccc(OC7(C)CC7)cc56)ncn4)CC3)CC2)CCN1c1ccc2c(c1F)CN(C1CCC(=O)NC1=O)C2=O. The van der Waals surface area contributed by atoms with Gasteiger partial charge in [0.05, 0.1) is 23.4 Å².